The highest BCUT2D eigenvalue weighted by molar-refractivity contribution is 7.71. The van der Waals surface area contributed by atoms with E-state index >= 15 is 0 Å². The Hall–Kier alpha value is -2.87. The Morgan fingerprint density at radius 3 is 2.23 bits per heavy atom. The maximum Gasteiger partial charge on any atom is 0.336 e. The molecule has 2 aromatic carbocycles. The van der Waals surface area contributed by atoms with Crippen molar-refractivity contribution >= 4 is 28.3 Å². The van der Waals surface area contributed by atoms with Crippen LogP contribution in [0.15, 0.2) is 30.3 Å². The van der Waals surface area contributed by atoms with Gasteiger partial charge in [-0.1, -0.05) is 25.3 Å². The van der Waals surface area contributed by atoms with Crippen molar-refractivity contribution in [2.45, 2.75) is 50.8 Å². The van der Waals surface area contributed by atoms with Crippen LogP contribution in [0, 0.1) is 6.92 Å². The van der Waals surface area contributed by atoms with Crippen molar-refractivity contribution in [3.63, 3.8) is 0 Å². The third kappa shape index (κ3) is 4.99. The molecule has 0 amide bonds. The summed E-state index contributed by atoms with van der Waals surface area (Å²) in [5, 5.41) is 22.6. The van der Waals surface area contributed by atoms with Crippen molar-refractivity contribution < 1.29 is 28.2 Å². The first-order valence-corrected chi connectivity index (χ1v) is 11.3. The molecule has 0 heterocycles. The summed E-state index contributed by atoms with van der Waals surface area (Å²) >= 11 is 0. The fraction of sp³-hybridized carbons (Fsp3) is 0.364. The van der Waals surface area contributed by atoms with E-state index in [0.29, 0.717) is 22.3 Å². The summed E-state index contributed by atoms with van der Waals surface area (Å²) in [6.45, 7) is 1.62. The van der Waals surface area contributed by atoms with Crippen LogP contribution in [0.2, 0.25) is 0 Å². The molecule has 0 spiro atoms. The van der Waals surface area contributed by atoms with E-state index < -0.39 is 22.6 Å². The Bertz CT molecular complexity index is 1050. The summed E-state index contributed by atoms with van der Waals surface area (Å²) < 4.78 is 22.5. The summed E-state index contributed by atoms with van der Waals surface area (Å²) in [5.41, 5.74) is 2.43. The predicted molar refractivity (Wildman–Crippen MR) is 115 cm³/mol. The summed E-state index contributed by atoms with van der Waals surface area (Å²) in [6, 6.07) is 8.16. The number of aromatic carboxylic acids is 2. The van der Waals surface area contributed by atoms with Gasteiger partial charge < -0.3 is 15.5 Å². The minimum atomic E-state index is -2.64. The molecule has 3 N–H and O–H groups in total. The van der Waals surface area contributed by atoms with Crippen LogP contribution in [0.3, 0.4) is 0 Å². The lowest BCUT2D eigenvalue weighted by atomic mass is 9.91. The van der Waals surface area contributed by atoms with Crippen molar-refractivity contribution in [2.24, 2.45) is 0 Å². The van der Waals surface area contributed by atoms with Crippen LogP contribution >= 0.6 is 0 Å². The average Bonchev–Trinajstić information content (AvgIpc) is 2.68. The third-order valence-electron chi connectivity index (χ3n) is 5.48. The SMILES string of the molecule is Cc1cc(-c2cc(C[SH](=O)=O)ccc2NC2CCCCC2)c(C(=O)O)cc1C(=O)O. The van der Waals surface area contributed by atoms with Gasteiger partial charge in [0.25, 0.3) is 0 Å². The maximum absolute atomic E-state index is 11.9. The molecular weight excluding hydrogens is 406 g/mol. The van der Waals surface area contributed by atoms with Crippen molar-refractivity contribution in [3.05, 3.63) is 52.6 Å². The number of carboxylic acid groups (broad SMARTS) is 2. The quantitative estimate of drug-likeness (QED) is 0.490. The standard InChI is InChI=1S/C22H25NO6S/c1-13-9-17(19(22(26)27)11-16(13)21(24)25)18-10-14(12-30(28)29)7-8-20(18)23-15-5-3-2-4-6-15/h7-11,15,23,30H,2-6,12H2,1H3,(H,24,25)(H,26,27). The molecule has 3 rings (SSSR count). The minimum absolute atomic E-state index is 0.0725. The number of hydrogen-bond donors (Lipinski definition) is 4. The van der Waals surface area contributed by atoms with E-state index in [-0.39, 0.29) is 22.9 Å². The second-order valence-electron chi connectivity index (χ2n) is 7.67. The van der Waals surface area contributed by atoms with Crippen molar-refractivity contribution in [1.29, 1.82) is 0 Å². The Balaban J connectivity index is 2.17. The number of carbonyl (C=O) groups is 2. The van der Waals surface area contributed by atoms with Gasteiger partial charge in [-0.3, -0.25) is 0 Å². The van der Waals surface area contributed by atoms with Crippen molar-refractivity contribution in [1.82, 2.24) is 0 Å². The molecule has 1 aliphatic rings. The van der Waals surface area contributed by atoms with Crippen LogP contribution in [-0.2, 0) is 16.5 Å². The first-order valence-electron chi connectivity index (χ1n) is 9.89. The van der Waals surface area contributed by atoms with Gasteiger partial charge in [-0.25, -0.2) is 18.0 Å². The molecule has 1 saturated carbocycles. The van der Waals surface area contributed by atoms with Crippen LogP contribution in [0.5, 0.6) is 0 Å². The lowest BCUT2D eigenvalue weighted by Gasteiger charge is -2.26. The number of rotatable bonds is 7. The lowest BCUT2D eigenvalue weighted by Crippen LogP contribution is -2.22. The maximum atomic E-state index is 11.9. The summed E-state index contributed by atoms with van der Waals surface area (Å²) in [5.74, 6) is -2.59. The first-order chi connectivity index (χ1) is 14.3. The molecule has 160 valence electrons. The molecule has 8 heteroatoms. The zero-order valence-electron chi connectivity index (χ0n) is 16.7. The normalized spacial score (nSPS) is 14.6. The van der Waals surface area contributed by atoms with Gasteiger partial charge in [-0.15, -0.1) is 0 Å². The first kappa shape index (κ1) is 21.8. The monoisotopic (exact) mass is 431 g/mol. The molecule has 0 bridgehead atoms. The molecule has 7 nitrogen and oxygen atoms in total. The van der Waals surface area contributed by atoms with Crippen LogP contribution in [0.1, 0.15) is 63.9 Å². The van der Waals surface area contributed by atoms with Crippen LogP contribution in [0.4, 0.5) is 5.69 Å². The molecule has 0 unspecified atom stereocenters. The number of hydrogen-bond acceptors (Lipinski definition) is 5. The van der Waals surface area contributed by atoms with E-state index in [1.807, 2.05) is 0 Å². The smallest absolute Gasteiger partial charge is 0.336 e. The number of thiol groups is 1. The van der Waals surface area contributed by atoms with Crippen LogP contribution < -0.4 is 5.32 Å². The van der Waals surface area contributed by atoms with E-state index in [2.05, 4.69) is 5.32 Å². The van der Waals surface area contributed by atoms with Crippen molar-refractivity contribution in [2.75, 3.05) is 5.32 Å². The van der Waals surface area contributed by atoms with Gasteiger partial charge in [0.05, 0.1) is 16.9 Å². The molecule has 0 aliphatic heterocycles. The number of benzene rings is 2. The molecular formula is C22H25NO6S. The third-order valence-corrected chi connectivity index (χ3v) is 6.10. The number of nitrogens with one attached hydrogen (secondary N) is 1. The molecule has 0 atom stereocenters. The molecule has 0 radical (unpaired) electrons. The number of aryl methyl sites for hydroxylation is 1. The van der Waals surface area contributed by atoms with Gasteiger partial charge in [0.15, 0.2) is 0 Å². The topological polar surface area (TPSA) is 121 Å². The van der Waals surface area contributed by atoms with Gasteiger partial charge >= 0.3 is 11.9 Å². The zero-order valence-corrected chi connectivity index (χ0v) is 17.6. The highest BCUT2D eigenvalue weighted by atomic mass is 32.2. The second kappa shape index (κ2) is 9.30. The van der Waals surface area contributed by atoms with E-state index in [1.165, 1.54) is 12.5 Å². The van der Waals surface area contributed by atoms with E-state index in [9.17, 15) is 28.2 Å². The highest BCUT2D eigenvalue weighted by Crippen LogP contribution is 2.35. The fourth-order valence-electron chi connectivity index (χ4n) is 3.99. The second-order valence-corrected chi connectivity index (χ2v) is 8.65. The van der Waals surface area contributed by atoms with Gasteiger partial charge in [0, 0.05) is 17.3 Å². The summed E-state index contributed by atoms with van der Waals surface area (Å²) in [4.78, 5) is 23.4. The van der Waals surface area contributed by atoms with Gasteiger partial charge in [-0.05, 0) is 60.7 Å². The van der Waals surface area contributed by atoms with Gasteiger partial charge in [0.1, 0.15) is 10.7 Å². The Morgan fingerprint density at radius 1 is 0.967 bits per heavy atom. The van der Waals surface area contributed by atoms with Gasteiger partial charge in [0.2, 0.25) is 0 Å². The summed E-state index contributed by atoms with van der Waals surface area (Å²) in [6.07, 6.45) is 5.45. The largest absolute Gasteiger partial charge is 0.478 e. The molecule has 0 aromatic heterocycles. The minimum Gasteiger partial charge on any atom is -0.478 e. The van der Waals surface area contributed by atoms with Crippen molar-refractivity contribution in [3.8, 4) is 11.1 Å². The fourth-order valence-corrected chi connectivity index (χ4v) is 4.49. The molecule has 1 fully saturated rings. The highest BCUT2D eigenvalue weighted by Gasteiger charge is 2.22. The zero-order chi connectivity index (χ0) is 21.8. The Morgan fingerprint density at radius 2 is 1.63 bits per heavy atom. The Labute approximate surface area is 176 Å². The number of carboxylic acids is 2. The average molecular weight is 432 g/mol. The Kier molecular flexibility index (Phi) is 6.77. The van der Waals surface area contributed by atoms with E-state index in [1.54, 1.807) is 31.2 Å². The van der Waals surface area contributed by atoms with E-state index in [0.717, 1.165) is 31.4 Å². The van der Waals surface area contributed by atoms with E-state index in [4.69, 9.17) is 0 Å². The van der Waals surface area contributed by atoms with Crippen LogP contribution in [-0.4, -0.2) is 36.6 Å². The molecule has 0 saturated heterocycles. The molecule has 30 heavy (non-hydrogen) atoms. The molecule has 2 aromatic rings. The summed E-state index contributed by atoms with van der Waals surface area (Å²) in [7, 11) is -2.64. The van der Waals surface area contributed by atoms with Gasteiger partial charge in [-0.2, -0.15) is 0 Å². The van der Waals surface area contributed by atoms with Crippen LogP contribution in [0.25, 0.3) is 11.1 Å². The number of anilines is 1. The molecule has 1 aliphatic carbocycles. The predicted octanol–water partition coefficient (Wildman–Crippen LogP) is 3.91. The lowest BCUT2D eigenvalue weighted by molar-refractivity contribution is 0.0695.